The zero-order valence-electron chi connectivity index (χ0n) is 6.74. The highest BCUT2D eigenvalue weighted by Crippen LogP contribution is 2.21. The second-order valence-corrected chi connectivity index (χ2v) is 3.91. The van der Waals surface area contributed by atoms with Crippen LogP contribution in [-0.4, -0.2) is 11.1 Å². The van der Waals surface area contributed by atoms with E-state index in [1.54, 1.807) is 18.3 Å². The highest BCUT2D eigenvalue weighted by Gasteiger charge is 2.12. The maximum absolute atomic E-state index is 9.49. The fraction of sp³-hybridized carbons (Fsp3) is 0.500. The number of hydrogen-bond donors (Lipinski definition) is 2. The van der Waals surface area contributed by atoms with Crippen molar-refractivity contribution in [3.05, 3.63) is 21.9 Å². The third-order valence-electron chi connectivity index (χ3n) is 1.59. The minimum Gasteiger partial charge on any atom is -0.387 e. The van der Waals surface area contributed by atoms with Gasteiger partial charge in [0.15, 0.2) is 0 Å². The Morgan fingerprint density at radius 1 is 1.64 bits per heavy atom. The summed E-state index contributed by atoms with van der Waals surface area (Å²) in [5, 5.41) is 11.4. The van der Waals surface area contributed by atoms with Gasteiger partial charge in [0.1, 0.15) is 0 Å². The van der Waals surface area contributed by atoms with Crippen LogP contribution in [0.4, 0.5) is 0 Å². The Morgan fingerprint density at radius 2 is 2.27 bits per heavy atom. The minimum atomic E-state index is -0.514. The Balaban J connectivity index is 2.76. The first kappa shape index (κ1) is 8.71. The molecule has 1 heterocycles. The average molecular weight is 171 g/mol. The first-order chi connectivity index (χ1) is 5.11. The molecule has 0 saturated heterocycles. The van der Waals surface area contributed by atoms with Crippen molar-refractivity contribution in [2.45, 2.75) is 26.0 Å². The van der Waals surface area contributed by atoms with Crippen LogP contribution in [0.2, 0.25) is 0 Å². The Bertz CT molecular complexity index is 232. The Labute approximate surface area is 70.7 Å². The van der Waals surface area contributed by atoms with Crippen LogP contribution in [0, 0.1) is 6.92 Å². The summed E-state index contributed by atoms with van der Waals surface area (Å²) >= 11 is 1.63. The Hall–Kier alpha value is -0.380. The molecule has 2 nitrogen and oxygen atoms in total. The predicted molar refractivity (Wildman–Crippen MR) is 47.7 cm³/mol. The molecule has 0 radical (unpaired) electrons. The molecule has 1 aromatic rings. The second kappa shape index (κ2) is 3.34. The molecule has 0 spiro atoms. The van der Waals surface area contributed by atoms with Gasteiger partial charge in [-0.05, 0) is 30.9 Å². The van der Waals surface area contributed by atoms with E-state index in [4.69, 9.17) is 5.73 Å². The smallest absolute Gasteiger partial charge is 0.0946 e. The van der Waals surface area contributed by atoms with E-state index in [2.05, 4.69) is 0 Å². The van der Waals surface area contributed by atoms with Crippen molar-refractivity contribution in [2.75, 3.05) is 0 Å². The van der Waals surface area contributed by atoms with Gasteiger partial charge < -0.3 is 10.8 Å². The normalized spacial score (nSPS) is 16.4. The van der Waals surface area contributed by atoms with Crippen molar-refractivity contribution in [3.63, 3.8) is 0 Å². The van der Waals surface area contributed by atoms with E-state index in [9.17, 15) is 5.11 Å². The SMILES string of the molecule is Cc1cc(C(O)C(C)N)cs1. The quantitative estimate of drug-likeness (QED) is 0.707. The maximum atomic E-state index is 9.49. The first-order valence-corrected chi connectivity index (χ1v) is 4.48. The zero-order valence-corrected chi connectivity index (χ0v) is 7.56. The lowest BCUT2D eigenvalue weighted by molar-refractivity contribution is 0.154. The molecule has 2 unspecified atom stereocenters. The number of aryl methyl sites for hydroxylation is 1. The molecule has 1 rings (SSSR count). The molecule has 0 amide bonds. The summed E-state index contributed by atoms with van der Waals surface area (Å²) in [6.07, 6.45) is -0.514. The number of aliphatic hydroxyl groups is 1. The van der Waals surface area contributed by atoms with Crippen LogP contribution >= 0.6 is 11.3 Å². The minimum absolute atomic E-state index is 0.191. The number of nitrogens with two attached hydrogens (primary N) is 1. The number of hydrogen-bond acceptors (Lipinski definition) is 3. The summed E-state index contributed by atoms with van der Waals surface area (Å²) in [7, 11) is 0. The van der Waals surface area contributed by atoms with Gasteiger partial charge in [-0.1, -0.05) is 0 Å². The topological polar surface area (TPSA) is 46.2 Å². The molecule has 0 bridgehead atoms. The van der Waals surface area contributed by atoms with Crippen LogP contribution in [0.15, 0.2) is 11.4 Å². The molecular formula is C8H13NOS. The van der Waals surface area contributed by atoms with Crippen molar-refractivity contribution in [3.8, 4) is 0 Å². The highest BCUT2D eigenvalue weighted by atomic mass is 32.1. The fourth-order valence-corrected chi connectivity index (χ4v) is 1.66. The van der Waals surface area contributed by atoms with Crippen LogP contribution in [0.1, 0.15) is 23.5 Å². The molecule has 0 fully saturated rings. The van der Waals surface area contributed by atoms with E-state index in [0.29, 0.717) is 0 Å². The summed E-state index contributed by atoms with van der Waals surface area (Å²) in [4.78, 5) is 1.21. The standard InChI is InChI=1S/C8H13NOS/c1-5-3-7(4-11-5)8(10)6(2)9/h3-4,6,8,10H,9H2,1-2H3. The van der Waals surface area contributed by atoms with Gasteiger partial charge in [-0.15, -0.1) is 11.3 Å². The number of thiophene rings is 1. The second-order valence-electron chi connectivity index (χ2n) is 2.79. The van der Waals surface area contributed by atoms with Gasteiger partial charge in [0.2, 0.25) is 0 Å². The van der Waals surface area contributed by atoms with Gasteiger partial charge in [-0.25, -0.2) is 0 Å². The monoisotopic (exact) mass is 171 g/mol. The summed E-state index contributed by atoms with van der Waals surface area (Å²) in [5.74, 6) is 0. The van der Waals surface area contributed by atoms with Gasteiger partial charge in [0.25, 0.3) is 0 Å². The van der Waals surface area contributed by atoms with Gasteiger partial charge in [0.05, 0.1) is 6.10 Å². The molecule has 2 atom stereocenters. The molecule has 1 aromatic heterocycles. The van der Waals surface area contributed by atoms with Gasteiger partial charge in [-0.2, -0.15) is 0 Å². The van der Waals surface area contributed by atoms with Crippen molar-refractivity contribution >= 4 is 11.3 Å². The Morgan fingerprint density at radius 3 is 2.64 bits per heavy atom. The Kier molecular flexibility index (Phi) is 2.65. The zero-order chi connectivity index (χ0) is 8.43. The molecule has 62 valence electrons. The van der Waals surface area contributed by atoms with Crippen LogP contribution in [0.25, 0.3) is 0 Å². The van der Waals surface area contributed by atoms with Crippen molar-refractivity contribution in [2.24, 2.45) is 5.73 Å². The van der Waals surface area contributed by atoms with E-state index in [-0.39, 0.29) is 6.04 Å². The number of rotatable bonds is 2. The van der Waals surface area contributed by atoms with Crippen LogP contribution in [-0.2, 0) is 0 Å². The van der Waals surface area contributed by atoms with Gasteiger partial charge in [0, 0.05) is 10.9 Å². The molecule has 0 aromatic carbocycles. The lowest BCUT2D eigenvalue weighted by Crippen LogP contribution is -2.23. The van der Waals surface area contributed by atoms with E-state index < -0.39 is 6.10 Å². The van der Waals surface area contributed by atoms with Crippen LogP contribution in [0.5, 0.6) is 0 Å². The van der Waals surface area contributed by atoms with E-state index in [0.717, 1.165) is 5.56 Å². The summed E-state index contributed by atoms with van der Waals surface area (Å²) in [5.41, 5.74) is 6.46. The van der Waals surface area contributed by atoms with Crippen molar-refractivity contribution in [1.29, 1.82) is 0 Å². The highest BCUT2D eigenvalue weighted by molar-refractivity contribution is 7.10. The van der Waals surface area contributed by atoms with Crippen LogP contribution < -0.4 is 5.73 Å². The third kappa shape index (κ3) is 2.02. The largest absolute Gasteiger partial charge is 0.387 e. The first-order valence-electron chi connectivity index (χ1n) is 3.60. The molecule has 3 N–H and O–H groups in total. The summed E-state index contributed by atoms with van der Waals surface area (Å²) in [6, 6.07) is 1.78. The molecule has 0 aliphatic rings. The molecule has 3 heteroatoms. The molecule has 0 aliphatic carbocycles. The predicted octanol–water partition coefficient (Wildman–Crippen LogP) is 1.44. The molecule has 0 aliphatic heterocycles. The lowest BCUT2D eigenvalue weighted by atomic mass is 10.1. The van der Waals surface area contributed by atoms with E-state index >= 15 is 0 Å². The molecular weight excluding hydrogens is 158 g/mol. The fourth-order valence-electron chi connectivity index (χ4n) is 0.922. The molecule has 11 heavy (non-hydrogen) atoms. The molecule has 0 saturated carbocycles. The van der Waals surface area contributed by atoms with E-state index in [1.165, 1.54) is 4.88 Å². The van der Waals surface area contributed by atoms with Crippen molar-refractivity contribution < 1.29 is 5.11 Å². The maximum Gasteiger partial charge on any atom is 0.0946 e. The van der Waals surface area contributed by atoms with Crippen molar-refractivity contribution in [1.82, 2.24) is 0 Å². The lowest BCUT2D eigenvalue weighted by Gasteiger charge is -2.11. The van der Waals surface area contributed by atoms with Gasteiger partial charge in [-0.3, -0.25) is 0 Å². The van der Waals surface area contributed by atoms with Gasteiger partial charge >= 0.3 is 0 Å². The average Bonchev–Trinajstić information content (AvgIpc) is 2.34. The summed E-state index contributed by atoms with van der Waals surface area (Å²) < 4.78 is 0. The summed E-state index contributed by atoms with van der Waals surface area (Å²) in [6.45, 7) is 3.82. The van der Waals surface area contributed by atoms with Crippen LogP contribution in [0.3, 0.4) is 0 Å². The number of aliphatic hydroxyl groups excluding tert-OH is 1. The third-order valence-corrected chi connectivity index (χ3v) is 2.47. The van der Waals surface area contributed by atoms with E-state index in [1.807, 2.05) is 18.4 Å².